The van der Waals surface area contributed by atoms with Gasteiger partial charge in [0.2, 0.25) is 5.96 Å². The zero-order valence-corrected chi connectivity index (χ0v) is 11.8. The minimum atomic E-state index is 0.214. The van der Waals surface area contributed by atoms with Crippen LogP contribution < -0.4 is 16.6 Å². The highest BCUT2D eigenvalue weighted by Crippen LogP contribution is 2.25. The first-order valence-corrected chi connectivity index (χ1v) is 6.74. The van der Waals surface area contributed by atoms with E-state index in [9.17, 15) is 0 Å². The van der Waals surface area contributed by atoms with Crippen LogP contribution in [-0.4, -0.2) is 12.5 Å². The van der Waals surface area contributed by atoms with Crippen LogP contribution in [0.15, 0.2) is 11.1 Å². The molecule has 96 valence electrons. The second kappa shape index (κ2) is 6.61. The van der Waals surface area contributed by atoms with E-state index >= 15 is 0 Å². The normalized spacial score (nSPS) is 13.6. The quantitative estimate of drug-likeness (QED) is 0.334. The predicted molar refractivity (Wildman–Crippen MR) is 75.3 cm³/mol. The molecule has 4 N–H and O–H groups in total. The maximum atomic E-state index is 5.44. The summed E-state index contributed by atoms with van der Waals surface area (Å²) in [6.07, 6.45) is 1.01. The number of aryl methyl sites for hydroxylation is 2. The van der Waals surface area contributed by atoms with Crippen molar-refractivity contribution in [3.8, 4) is 0 Å². The van der Waals surface area contributed by atoms with Crippen molar-refractivity contribution in [2.24, 2.45) is 10.8 Å². The molecule has 1 rings (SSSR count). The molecular weight excluding hydrogens is 232 g/mol. The Morgan fingerprint density at radius 1 is 1.53 bits per heavy atom. The molecule has 0 aliphatic heterocycles. The molecule has 17 heavy (non-hydrogen) atoms. The summed E-state index contributed by atoms with van der Waals surface area (Å²) in [5.74, 6) is 6.10. The van der Waals surface area contributed by atoms with Crippen LogP contribution in [0.25, 0.3) is 0 Å². The van der Waals surface area contributed by atoms with Gasteiger partial charge in [0.25, 0.3) is 0 Å². The Kier molecular flexibility index (Phi) is 5.44. The molecule has 0 saturated carbocycles. The van der Waals surface area contributed by atoms with E-state index < -0.39 is 0 Å². The van der Waals surface area contributed by atoms with Gasteiger partial charge in [0.1, 0.15) is 0 Å². The van der Waals surface area contributed by atoms with E-state index in [1.54, 1.807) is 0 Å². The fourth-order valence-electron chi connectivity index (χ4n) is 1.72. The third-order valence-corrected chi connectivity index (χ3v) is 3.51. The molecule has 0 saturated heterocycles. The smallest absolute Gasteiger partial charge is 0.206 e. The minimum Gasteiger partial charge on any atom is -0.349 e. The molecule has 5 heteroatoms. The third-order valence-electron chi connectivity index (χ3n) is 2.53. The summed E-state index contributed by atoms with van der Waals surface area (Å²) in [5, 5.41) is 3.29. The van der Waals surface area contributed by atoms with E-state index in [-0.39, 0.29) is 6.04 Å². The van der Waals surface area contributed by atoms with Crippen LogP contribution in [-0.2, 0) is 0 Å². The fraction of sp³-hybridized carbons (Fsp3) is 0.583. The van der Waals surface area contributed by atoms with Crippen LogP contribution in [0.3, 0.4) is 0 Å². The first-order chi connectivity index (χ1) is 8.08. The van der Waals surface area contributed by atoms with Crippen LogP contribution in [0.1, 0.15) is 41.6 Å². The standard InChI is InChI=1S/C12H22N4S/c1-5-6-14-12(16-13)15-9(3)11-7-8(2)17-10(11)4/h7,9H,5-6,13H2,1-4H3,(H2,14,15,16). The number of hydrazine groups is 1. The monoisotopic (exact) mass is 254 g/mol. The summed E-state index contributed by atoms with van der Waals surface area (Å²) < 4.78 is 0. The average molecular weight is 254 g/mol. The van der Waals surface area contributed by atoms with Gasteiger partial charge in [0, 0.05) is 16.3 Å². The minimum absolute atomic E-state index is 0.214. The number of nitrogens with two attached hydrogens (primary N) is 1. The zero-order valence-electron chi connectivity index (χ0n) is 11.0. The van der Waals surface area contributed by atoms with E-state index in [0.717, 1.165) is 13.0 Å². The van der Waals surface area contributed by atoms with Gasteiger partial charge in [-0.05, 0) is 38.8 Å². The molecule has 0 aromatic carbocycles. The van der Waals surface area contributed by atoms with Crippen molar-refractivity contribution >= 4 is 17.3 Å². The van der Waals surface area contributed by atoms with Gasteiger partial charge < -0.3 is 5.32 Å². The lowest BCUT2D eigenvalue weighted by atomic mass is 10.1. The molecule has 0 spiro atoms. The van der Waals surface area contributed by atoms with Gasteiger partial charge in [-0.15, -0.1) is 11.3 Å². The predicted octanol–water partition coefficient (Wildman–Crippen LogP) is 2.24. The molecular formula is C12H22N4S. The first-order valence-electron chi connectivity index (χ1n) is 5.93. The molecule has 0 amide bonds. The summed E-state index contributed by atoms with van der Waals surface area (Å²) >= 11 is 1.82. The van der Waals surface area contributed by atoms with Crippen LogP contribution >= 0.6 is 11.3 Å². The zero-order chi connectivity index (χ0) is 12.8. The lowest BCUT2D eigenvalue weighted by Crippen LogP contribution is -2.42. The van der Waals surface area contributed by atoms with Crippen LogP contribution in [0.5, 0.6) is 0 Å². The number of hydrogen-bond acceptors (Lipinski definition) is 3. The van der Waals surface area contributed by atoms with Gasteiger partial charge in [-0.1, -0.05) is 6.92 Å². The van der Waals surface area contributed by atoms with Crippen molar-refractivity contribution in [2.45, 2.75) is 40.2 Å². The Morgan fingerprint density at radius 3 is 2.71 bits per heavy atom. The summed E-state index contributed by atoms with van der Waals surface area (Å²) in [4.78, 5) is 7.01. The number of nitrogens with one attached hydrogen (secondary N) is 2. The molecule has 0 aliphatic carbocycles. The van der Waals surface area contributed by atoms with E-state index in [1.807, 2.05) is 11.3 Å². The van der Waals surface area contributed by atoms with Crippen molar-refractivity contribution < 1.29 is 0 Å². The van der Waals surface area contributed by atoms with Gasteiger partial charge in [-0.2, -0.15) is 0 Å². The van der Waals surface area contributed by atoms with Crippen molar-refractivity contribution in [1.82, 2.24) is 10.7 Å². The highest BCUT2D eigenvalue weighted by Gasteiger charge is 2.12. The van der Waals surface area contributed by atoms with Gasteiger partial charge in [-0.3, -0.25) is 10.4 Å². The maximum Gasteiger partial charge on any atom is 0.206 e. The number of nitrogens with zero attached hydrogens (tertiary/aromatic N) is 1. The summed E-state index contributed by atoms with van der Waals surface area (Å²) in [6, 6.07) is 2.43. The molecule has 1 heterocycles. The number of thiophene rings is 1. The van der Waals surface area contributed by atoms with E-state index in [4.69, 9.17) is 5.84 Å². The summed E-state index contributed by atoms with van der Waals surface area (Å²) in [5.41, 5.74) is 3.92. The van der Waals surface area contributed by atoms with Crippen molar-refractivity contribution in [3.63, 3.8) is 0 Å². The molecule has 4 nitrogen and oxygen atoms in total. The summed E-state index contributed by atoms with van der Waals surface area (Å²) in [6.45, 7) is 9.26. The lowest BCUT2D eigenvalue weighted by Gasteiger charge is -2.16. The molecule has 1 atom stereocenters. The Balaban J connectivity index is 2.70. The topological polar surface area (TPSA) is 62.4 Å². The van der Waals surface area contributed by atoms with Crippen molar-refractivity contribution in [2.75, 3.05) is 6.54 Å². The molecule has 1 unspecified atom stereocenters. The second-order valence-electron chi connectivity index (χ2n) is 4.11. The molecule has 0 aliphatic rings. The second-order valence-corrected chi connectivity index (χ2v) is 5.57. The molecule has 0 bridgehead atoms. The van der Waals surface area contributed by atoms with Gasteiger partial charge in [0.15, 0.2) is 0 Å². The molecule has 1 aromatic rings. The van der Waals surface area contributed by atoms with E-state index in [0.29, 0.717) is 5.96 Å². The first kappa shape index (κ1) is 14.0. The molecule has 0 radical (unpaired) electrons. The van der Waals surface area contributed by atoms with E-state index in [1.165, 1.54) is 15.3 Å². The SMILES string of the molecule is CCCN=C(NN)NC(C)c1cc(C)sc1C. The fourth-order valence-corrected chi connectivity index (χ4v) is 2.74. The highest BCUT2D eigenvalue weighted by molar-refractivity contribution is 7.12. The van der Waals surface area contributed by atoms with Gasteiger partial charge >= 0.3 is 0 Å². The Hall–Kier alpha value is -1.07. The van der Waals surface area contributed by atoms with E-state index in [2.05, 4.69) is 49.5 Å². The average Bonchev–Trinajstić information content (AvgIpc) is 2.63. The Bertz CT molecular complexity index is 384. The maximum absolute atomic E-state index is 5.44. The highest BCUT2D eigenvalue weighted by atomic mass is 32.1. The van der Waals surface area contributed by atoms with Gasteiger partial charge in [-0.25, -0.2) is 5.84 Å². The largest absolute Gasteiger partial charge is 0.349 e. The number of aliphatic imine (C=N–C) groups is 1. The van der Waals surface area contributed by atoms with Crippen molar-refractivity contribution in [1.29, 1.82) is 0 Å². The lowest BCUT2D eigenvalue weighted by molar-refractivity contribution is 0.685. The van der Waals surface area contributed by atoms with Gasteiger partial charge in [0.05, 0.1) is 6.04 Å². The molecule has 0 fully saturated rings. The number of guanidine groups is 1. The van der Waals surface area contributed by atoms with Crippen LogP contribution in [0, 0.1) is 13.8 Å². The molecule has 1 aromatic heterocycles. The third kappa shape index (κ3) is 4.02. The number of hydrogen-bond donors (Lipinski definition) is 3. The van der Waals surface area contributed by atoms with Crippen LogP contribution in [0.2, 0.25) is 0 Å². The van der Waals surface area contributed by atoms with Crippen LogP contribution in [0.4, 0.5) is 0 Å². The summed E-state index contributed by atoms with van der Waals surface area (Å²) in [7, 11) is 0. The van der Waals surface area contributed by atoms with Crippen molar-refractivity contribution in [3.05, 3.63) is 21.4 Å². The number of rotatable bonds is 4. The Labute approximate surface area is 107 Å². The Morgan fingerprint density at radius 2 is 2.24 bits per heavy atom.